The van der Waals surface area contributed by atoms with E-state index in [0.717, 1.165) is 33.5 Å². The van der Waals surface area contributed by atoms with E-state index in [0.29, 0.717) is 5.82 Å². The topological polar surface area (TPSA) is 25.8 Å². The summed E-state index contributed by atoms with van der Waals surface area (Å²) in [5, 5.41) is 7.26. The number of hydrogen-bond donors (Lipinski definition) is 0. The first-order chi connectivity index (χ1) is 28.0. The smallest absolute Gasteiger partial charge is 0.161 e. The molecule has 1 aromatic heterocycles. The molecule has 11 rings (SSSR count). The molecule has 0 bridgehead atoms. The van der Waals surface area contributed by atoms with Crippen molar-refractivity contribution in [3.63, 3.8) is 0 Å². The van der Waals surface area contributed by atoms with Gasteiger partial charge in [-0.05, 0) is 101 Å². The zero-order chi connectivity index (χ0) is 38.1. The molecule has 9 aromatic carbocycles. The van der Waals surface area contributed by atoms with Crippen molar-refractivity contribution < 1.29 is 0 Å². The number of hydrogen-bond acceptors (Lipinski definition) is 2. The van der Waals surface area contributed by atoms with Crippen molar-refractivity contribution in [1.82, 2.24) is 9.97 Å². The van der Waals surface area contributed by atoms with Crippen LogP contribution in [0.3, 0.4) is 0 Å². The second kappa shape index (κ2) is 13.0. The van der Waals surface area contributed by atoms with Gasteiger partial charge in [0.15, 0.2) is 5.82 Å². The highest BCUT2D eigenvalue weighted by Crippen LogP contribution is 2.52. The Morgan fingerprint density at radius 3 is 1.74 bits per heavy atom. The van der Waals surface area contributed by atoms with Crippen molar-refractivity contribution >= 4 is 32.3 Å². The Bertz CT molecular complexity index is 3210. The van der Waals surface area contributed by atoms with Gasteiger partial charge in [0.25, 0.3) is 0 Å². The van der Waals surface area contributed by atoms with Gasteiger partial charge in [-0.2, -0.15) is 0 Å². The summed E-state index contributed by atoms with van der Waals surface area (Å²) in [6, 6.07) is 70.1. The number of fused-ring (bicyclic) bond motifs is 7. The summed E-state index contributed by atoms with van der Waals surface area (Å²) in [4.78, 5) is 10.6. The van der Waals surface area contributed by atoms with Gasteiger partial charge in [0.05, 0.1) is 11.4 Å². The molecule has 0 spiro atoms. The van der Waals surface area contributed by atoms with Crippen molar-refractivity contribution in [2.45, 2.75) is 19.3 Å². The van der Waals surface area contributed by atoms with E-state index in [4.69, 9.17) is 9.97 Å². The second-order valence-corrected chi connectivity index (χ2v) is 15.7. The largest absolute Gasteiger partial charge is 0.228 e. The quantitative estimate of drug-likeness (QED) is 0.176. The van der Waals surface area contributed by atoms with Gasteiger partial charge in [-0.15, -0.1) is 0 Å². The Balaban J connectivity index is 1.04. The third-order valence-corrected chi connectivity index (χ3v) is 12.1. The molecule has 10 aromatic rings. The fourth-order valence-corrected chi connectivity index (χ4v) is 9.23. The van der Waals surface area contributed by atoms with E-state index >= 15 is 0 Å². The fourth-order valence-electron chi connectivity index (χ4n) is 9.23. The Morgan fingerprint density at radius 2 is 0.912 bits per heavy atom. The summed E-state index contributed by atoms with van der Waals surface area (Å²) in [6.07, 6.45) is 0. The molecule has 0 aliphatic heterocycles. The van der Waals surface area contributed by atoms with Gasteiger partial charge in [0, 0.05) is 22.1 Å². The van der Waals surface area contributed by atoms with Crippen molar-refractivity contribution in [3.8, 4) is 67.3 Å². The van der Waals surface area contributed by atoms with E-state index in [9.17, 15) is 0 Å². The molecule has 0 saturated carbocycles. The number of aromatic nitrogens is 2. The number of rotatable bonds is 5. The summed E-state index contributed by atoms with van der Waals surface area (Å²) in [5.41, 5.74) is 15.2. The van der Waals surface area contributed by atoms with E-state index in [1.54, 1.807) is 0 Å². The summed E-state index contributed by atoms with van der Waals surface area (Å²) >= 11 is 0. The van der Waals surface area contributed by atoms with E-state index in [2.05, 4.69) is 202 Å². The van der Waals surface area contributed by atoms with Crippen molar-refractivity contribution in [2.75, 3.05) is 0 Å². The molecule has 1 aliphatic rings. The van der Waals surface area contributed by atoms with Crippen LogP contribution in [-0.2, 0) is 5.41 Å². The molecule has 0 unspecified atom stereocenters. The van der Waals surface area contributed by atoms with Crippen LogP contribution in [0.15, 0.2) is 194 Å². The lowest BCUT2D eigenvalue weighted by molar-refractivity contribution is 0.661. The van der Waals surface area contributed by atoms with Gasteiger partial charge < -0.3 is 0 Å². The fraction of sp³-hybridized carbons (Fsp3) is 0.0545. The van der Waals surface area contributed by atoms with Crippen LogP contribution in [-0.4, -0.2) is 9.97 Å². The monoisotopic (exact) mass is 726 g/mol. The summed E-state index contributed by atoms with van der Waals surface area (Å²) in [6.45, 7) is 4.71. The normalized spacial score (nSPS) is 12.9. The minimum atomic E-state index is -0.0598. The molecule has 0 atom stereocenters. The molecule has 0 saturated heterocycles. The maximum absolute atomic E-state index is 5.32. The maximum atomic E-state index is 5.32. The Morgan fingerprint density at radius 1 is 0.333 bits per heavy atom. The highest BCUT2D eigenvalue weighted by Gasteiger charge is 2.36. The molecule has 57 heavy (non-hydrogen) atoms. The Labute approximate surface area is 332 Å². The molecular weight excluding hydrogens is 689 g/mol. The third kappa shape index (κ3) is 5.40. The van der Waals surface area contributed by atoms with Crippen LogP contribution in [0.5, 0.6) is 0 Å². The summed E-state index contributed by atoms with van der Waals surface area (Å²) in [7, 11) is 0. The number of nitrogens with zero attached hydrogens (tertiary/aromatic N) is 2. The zero-order valence-corrected chi connectivity index (χ0v) is 31.9. The average Bonchev–Trinajstić information content (AvgIpc) is 3.51. The third-order valence-electron chi connectivity index (χ3n) is 12.1. The van der Waals surface area contributed by atoms with Gasteiger partial charge in [0.2, 0.25) is 0 Å². The first-order valence-electron chi connectivity index (χ1n) is 19.7. The van der Waals surface area contributed by atoms with Crippen LogP contribution in [0.25, 0.3) is 99.6 Å². The van der Waals surface area contributed by atoms with Crippen LogP contribution in [0, 0.1) is 0 Å². The predicted molar refractivity (Wildman–Crippen MR) is 239 cm³/mol. The molecular formula is C55H38N2. The van der Waals surface area contributed by atoms with Gasteiger partial charge >= 0.3 is 0 Å². The van der Waals surface area contributed by atoms with Gasteiger partial charge in [-0.3, -0.25) is 0 Å². The molecule has 0 amide bonds. The second-order valence-electron chi connectivity index (χ2n) is 15.7. The van der Waals surface area contributed by atoms with Crippen molar-refractivity contribution in [1.29, 1.82) is 0 Å². The maximum Gasteiger partial charge on any atom is 0.161 e. The highest BCUT2D eigenvalue weighted by molar-refractivity contribution is 6.06. The Kier molecular flexibility index (Phi) is 7.55. The number of benzene rings is 9. The van der Waals surface area contributed by atoms with Crippen LogP contribution >= 0.6 is 0 Å². The molecule has 0 N–H and O–H groups in total. The van der Waals surface area contributed by atoms with Crippen LogP contribution in [0.4, 0.5) is 0 Å². The zero-order valence-electron chi connectivity index (χ0n) is 31.9. The molecule has 2 nitrogen and oxygen atoms in total. The van der Waals surface area contributed by atoms with Crippen LogP contribution in [0.2, 0.25) is 0 Å². The molecule has 1 heterocycles. The lowest BCUT2D eigenvalue weighted by Crippen LogP contribution is -2.14. The van der Waals surface area contributed by atoms with Crippen molar-refractivity contribution in [3.05, 3.63) is 205 Å². The minimum absolute atomic E-state index is 0.0598. The van der Waals surface area contributed by atoms with E-state index < -0.39 is 0 Å². The average molecular weight is 727 g/mol. The predicted octanol–water partition coefficient (Wildman–Crippen LogP) is 14.6. The lowest BCUT2D eigenvalue weighted by Gasteiger charge is -2.21. The first kappa shape index (κ1) is 33.2. The van der Waals surface area contributed by atoms with E-state index in [-0.39, 0.29) is 5.41 Å². The summed E-state index contributed by atoms with van der Waals surface area (Å²) < 4.78 is 0. The SMILES string of the molecule is CC1(C)c2ccc(-c3cccc(-c4ccc(-c5nc(-c6ccccc6)cc(-c6cccc7ccccc67)n5)c5ccccc45)c3)cc2-c2c1ccc1ccccc21. The minimum Gasteiger partial charge on any atom is -0.228 e. The standard InChI is InChI=1S/C55H38N2/c1-55(2)49-30-27-39(33-48(49)53-43-22-9-7-15-36(43)26-31-50(53)55)38-19-12-20-40(32-38)42-28-29-47(45-24-11-10-23-44(42)45)54-56-51(37-16-4-3-5-17-37)34-52(57-54)46-25-13-18-35-14-6-8-21-41(35)46/h3-34H,1-2H3. The molecule has 268 valence electrons. The lowest BCUT2D eigenvalue weighted by atomic mass is 9.82. The van der Waals surface area contributed by atoms with Crippen LogP contribution in [0.1, 0.15) is 25.0 Å². The molecule has 0 fully saturated rings. The Hall–Kier alpha value is -7.16. The van der Waals surface area contributed by atoms with Gasteiger partial charge in [-0.1, -0.05) is 184 Å². The highest BCUT2D eigenvalue weighted by atomic mass is 14.9. The molecule has 2 heteroatoms. The molecule has 1 aliphatic carbocycles. The summed E-state index contributed by atoms with van der Waals surface area (Å²) in [5.74, 6) is 0.713. The van der Waals surface area contributed by atoms with Gasteiger partial charge in [-0.25, -0.2) is 9.97 Å². The van der Waals surface area contributed by atoms with E-state index in [1.165, 1.54) is 71.4 Å². The van der Waals surface area contributed by atoms with Crippen molar-refractivity contribution in [2.24, 2.45) is 0 Å². The van der Waals surface area contributed by atoms with Crippen LogP contribution < -0.4 is 0 Å². The first-order valence-corrected chi connectivity index (χ1v) is 19.7. The van der Waals surface area contributed by atoms with E-state index in [1.807, 2.05) is 6.07 Å². The van der Waals surface area contributed by atoms with Gasteiger partial charge in [0.1, 0.15) is 0 Å². The molecule has 0 radical (unpaired) electrons.